The molecule has 18 heavy (non-hydrogen) atoms. The topological polar surface area (TPSA) is 42.2 Å². The summed E-state index contributed by atoms with van der Waals surface area (Å²) in [6.45, 7) is 5.25. The van der Waals surface area contributed by atoms with Crippen LogP contribution in [0.1, 0.15) is 21.7 Å². The van der Waals surface area contributed by atoms with Gasteiger partial charge in [0.1, 0.15) is 0 Å². The molecule has 0 amide bonds. The number of rotatable bonds is 2. The van der Waals surface area contributed by atoms with Crippen LogP contribution >= 0.6 is 11.3 Å². The van der Waals surface area contributed by atoms with Gasteiger partial charge in [0.05, 0.1) is 5.69 Å². The second-order valence-corrected chi connectivity index (χ2v) is 5.92. The second-order valence-electron chi connectivity index (χ2n) is 4.81. The fraction of sp³-hybridized carbons (Fsp3) is 0.357. The van der Waals surface area contributed by atoms with Gasteiger partial charge in [0.15, 0.2) is 5.13 Å². The number of aryl methyl sites for hydroxylation is 1. The largest absolute Gasteiger partial charge is 0.375 e. The number of nitrogens with zero attached hydrogens (tertiary/aromatic N) is 2. The second kappa shape index (κ2) is 4.71. The summed E-state index contributed by atoms with van der Waals surface area (Å²) in [5, 5.41) is 0.706. The summed E-state index contributed by atoms with van der Waals surface area (Å²) in [6, 6.07) is 8.60. The fourth-order valence-corrected chi connectivity index (χ4v) is 3.35. The van der Waals surface area contributed by atoms with Crippen molar-refractivity contribution in [2.75, 3.05) is 12.3 Å². The van der Waals surface area contributed by atoms with Gasteiger partial charge in [0, 0.05) is 30.9 Å². The van der Waals surface area contributed by atoms with Crippen molar-refractivity contribution in [3.8, 4) is 0 Å². The lowest BCUT2D eigenvalue weighted by Gasteiger charge is -2.26. The summed E-state index contributed by atoms with van der Waals surface area (Å²) in [6.07, 6.45) is 1.02. The van der Waals surface area contributed by atoms with Crippen molar-refractivity contribution in [2.45, 2.75) is 26.4 Å². The summed E-state index contributed by atoms with van der Waals surface area (Å²) < 4.78 is 0. The van der Waals surface area contributed by atoms with E-state index in [9.17, 15) is 0 Å². The first-order chi connectivity index (χ1) is 8.72. The van der Waals surface area contributed by atoms with Crippen LogP contribution in [0.15, 0.2) is 24.3 Å². The highest BCUT2D eigenvalue weighted by Crippen LogP contribution is 2.27. The van der Waals surface area contributed by atoms with Crippen LogP contribution in [-0.4, -0.2) is 16.4 Å². The van der Waals surface area contributed by atoms with E-state index in [1.165, 1.54) is 21.7 Å². The van der Waals surface area contributed by atoms with Gasteiger partial charge in [-0.3, -0.25) is 4.90 Å². The fourth-order valence-electron chi connectivity index (χ4n) is 2.43. The predicted molar refractivity (Wildman–Crippen MR) is 75.5 cm³/mol. The Bertz CT molecular complexity index is 562. The molecule has 0 saturated carbocycles. The van der Waals surface area contributed by atoms with E-state index < -0.39 is 0 Å². The Labute approximate surface area is 111 Å². The highest BCUT2D eigenvalue weighted by atomic mass is 32.1. The molecule has 0 unspecified atom stereocenters. The molecule has 4 heteroatoms. The molecule has 2 heterocycles. The Kier molecular flexibility index (Phi) is 3.06. The molecule has 1 aliphatic rings. The van der Waals surface area contributed by atoms with E-state index in [1.54, 1.807) is 11.3 Å². The zero-order valence-electron chi connectivity index (χ0n) is 10.5. The molecular formula is C14H17N3S. The lowest BCUT2D eigenvalue weighted by molar-refractivity contribution is 0.246. The molecular weight excluding hydrogens is 242 g/mol. The van der Waals surface area contributed by atoms with E-state index in [2.05, 4.69) is 41.1 Å². The first kappa shape index (κ1) is 11.7. The zero-order chi connectivity index (χ0) is 12.5. The summed E-state index contributed by atoms with van der Waals surface area (Å²) in [5.41, 5.74) is 9.76. The van der Waals surface area contributed by atoms with Crippen LogP contribution in [0.2, 0.25) is 0 Å². The zero-order valence-corrected chi connectivity index (χ0v) is 11.3. The molecule has 94 valence electrons. The van der Waals surface area contributed by atoms with Gasteiger partial charge in [-0.25, -0.2) is 4.98 Å². The number of fused-ring (bicyclic) bond motifs is 1. The van der Waals surface area contributed by atoms with Gasteiger partial charge in [-0.05, 0) is 18.1 Å². The molecule has 0 aliphatic carbocycles. The van der Waals surface area contributed by atoms with Crippen molar-refractivity contribution in [3.63, 3.8) is 0 Å². The van der Waals surface area contributed by atoms with Gasteiger partial charge in [0.25, 0.3) is 0 Å². The third kappa shape index (κ3) is 2.26. The Morgan fingerprint density at radius 1 is 1.39 bits per heavy atom. The van der Waals surface area contributed by atoms with E-state index >= 15 is 0 Å². The highest BCUT2D eigenvalue weighted by Gasteiger charge is 2.20. The number of nitrogens with two attached hydrogens (primary N) is 1. The summed E-state index contributed by atoms with van der Waals surface area (Å²) in [5.74, 6) is 0. The van der Waals surface area contributed by atoms with Crippen LogP contribution in [-0.2, 0) is 19.5 Å². The van der Waals surface area contributed by atoms with Gasteiger partial charge in [0.2, 0.25) is 0 Å². The molecule has 0 bridgehead atoms. The normalized spacial score (nSPS) is 15.6. The molecule has 0 fully saturated rings. The molecule has 0 spiro atoms. The van der Waals surface area contributed by atoms with Gasteiger partial charge < -0.3 is 5.73 Å². The maximum absolute atomic E-state index is 5.77. The summed E-state index contributed by atoms with van der Waals surface area (Å²) in [4.78, 5) is 8.19. The van der Waals surface area contributed by atoms with Crippen LogP contribution in [0.25, 0.3) is 0 Å². The number of aromatic nitrogens is 1. The standard InChI is InChI=1S/C14H17N3S/c1-10-4-2-3-5-11(10)8-17-7-6-12-13(9-17)18-14(15)16-12/h2-5H,6-9H2,1H3,(H2,15,16). The monoisotopic (exact) mass is 259 g/mol. The van der Waals surface area contributed by atoms with E-state index in [4.69, 9.17) is 5.73 Å². The number of hydrogen-bond acceptors (Lipinski definition) is 4. The maximum Gasteiger partial charge on any atom is 0.180 e. The highest BCUT2D eigenvalue weighted by molar-refractivity contribution is 7.15. The number of benzene rings is 1. The lowest BCUT2D eigenvalue weighted by atomic mass is 10.1. The van der Waals surface area contributed by atoms with Gasteiger partial charge >= 0.3 is 0 Å². The Morgan fingerprint density at radius 3 is 3.06 bits per heavy atom. The summed E-state index contributed by atoms with van der Waals surface area (Å²) in [7, 11) is 0. The molecule has 0 radical (unpaired) electrons. The minimum Gasteiger partial charge on any atom is -0.375 e. The average molecular weight is 259 g/mol. The van der Waals surface area contributed by atoms with E-state index in [-0.39, 0.29) is 0 Å². The Morgan fingerprint density at radius 2 is 2.22 bits per heavy atom. The van der Waals surface area contributed by atoms with Crippen molar-refractivity contribution in [2.24, 2.45) is 0 Å². The van der Waals surface area contributed by atoms with Crippen molar-refractivity contribution in [1.29, 1.82) is 0 Å². The first-order valence-electron chi connectivity index (χ1n) is 6.23. The van der Waals surface area contributed by atoms with Gasteiger partial charge in [-0.1, -0.05) is 24.3 Å². The Hall–Kier alpha value is -1.39. The summed E-state index contributed by atoms with van der Waals surface area (Å²) >= 11 is 1.63. The number of hydrogen-bond donors (Lipinski definition) is 1. The number of thiazole rings is 1. The van der Waals surface area contributed by atoms with Gasteiger partial charge in [-0.2, -0.15) is 0 Å². The smallest absolute Gasteiger partial charge is 0.180 e. The molecule has 3 nitrogen and oxygen atoms in total. The SMILES string of the molecule is Cc1ccccc1CN1CCc2nc(N)sc2C1. The molecule has 1 aliphatic heterocycles. The van der Waals surface area contributed by atoms with Crippen LogP contribution in [0, 0.1) is 6.92 Å². The van der Waals surface area contributed by atoms with E-state index in [0.29, 0.717) is 5.13 Å². The average Bonchev–Trinajstić information content (AvgIpc) is 2.71. The van der Waals surface area contributed by atoms with Crippen molar-refractivity contribution >= 4 is 16.5 Å². The molecule has 1 aromatic heterocycles. The maximum atomic E-state index is 5.77. The van der Waals surface area contributed by atoms with Crippen LogP contribution < -0.4 is 5.73 Å². The predicted octanol–water partition coefficient (Wildman–Crippen LogP) is 2.59. The van der Waals surface area contributed by atoms with Crippen molar-refractivity contribution in [1.82, 2.24) is 9.88 Å². The van der Waals surface area contributed by atoms with Crippen LogP contribution in [0.5, 0.6) is 0 Å². The van der Waals surface area contributed by atoms with Crippen molar-refractivity contribution in [3.05, 3.63) is 46.0 Å². The third-order valence-corrected chi connectivity index (χ3v) is 4.39. The molecule has 3 rings (SSSR count). The lowest BCUT2D eigenvalue weighted by Crippen LogP contribution is -2.29. The molecule has 1 aromatic carbocycles. The minimum atomic E-state index is 0.706. The van der Waals surface area contributed by atoms with E-state index in [0.717, 1.165) is 26.1 Å². The molecule has 0 saturated heterocycles. The van der Waals surface area contributed by atoms with Crippen LogP contribution in [0.4, 0.5) is 5.13 Å². The van der Waals surface area contributed by atoms with Gasteiger partial charge in [-0.15, -0.1) is 11.3 Å². The first-order valence-corrected chi connectivity index (χ1v) is 7.05. The third-order valence-electron chi connectivity index (χ3n) is 3.48. The minimum absolute atomic E-state index is 0.706. The van der Waals surface area contributed by atoms with Crippen LogP contribution in [0.3, 0.4) is 0 Å². The number of anilines is 1. The van der Waals surface area contributed by atoms with E-state index in [1.807, 2.05) is 0 Å². The molecule has 2 aromatic rings. The Balaban J connectivity index is 1.75. The molecule has 2 N–H and O–H groups in total. The molecule has 0 atom stereocenters. The quantitative estimate of drug-likeness (QED) is 0.901. The number of nitrogen functional groups attached to an aromatic ring is 1. The van der Waals surface area contributed by atoms with Crippen molar-refractivity contribution < 1.29 is 0 Å².